The Balaban J connectivity index is 1.63. The molecule has 2 aromatic carbocycles. The van der Waals surface area contributed by atoms with Gasteiger partial charge in [0.2, 0.25) is 0 Å². The van der Waals surface area contributed by atoms with Crippen molar-refractivity contribution in [2.24, 2.45) is 0 Å². The highest BCUT2D eigenvalue weighted by Crippen LogP contribution is 2.19. The van der Waals surface area contributed by atoms with Crippen molar-refractivity contribution in [2.75, 3.05) is 6.54 Å². The topological polar surface area (TPSA) is 79.5 Å². The van der Waals surface area contributed by atoms with E-state index >= 15 is 0 Å². The molecule has 128 valence electrons. The average Bonchev–Trinajstić information content (AvgIpc) is 2.58. The number of hydrogen-bond donors (Lipinski definition) is 2. The zero-order valence-electron chi connectivity index (χ0n) is 13.3. The molecule has 0 radical (unpaired) electrons. The van der Waals surface area contributed by atoms with Crippen molar-refractivity contribution < 1.29 is 18.7 Å². The molecule has 0 bridgehead atoms. The molecule has 0 fully saturated rings. The Morgan fingerprint density at radius 1 is 1.16 bits per heavy atom. The lowest BCUT2D eigenvalue weighted by Crippen LogP contribution is -2.29. The molecule has 2 N–H and O–H groups in total. The zero-order chi connectivity index (χ0) is 17.8. The monoisotopic (exact) mass is 341 g/mol. The summed E-state index contributed by atoms with van der Waals surface area (Å²) in [5.41, 5.74) is 0.205. The molecule has 0 atom stereocenters. The van der Waals surface area contributed by atoms with Gasteiger partial charge in [0.1, 0.15) is 22.7 Å². The molecule has 25 heavy (non-hydrogen) atoms. The maximum absolute atomic E-state index is 13.1. The summed E-state index contributed by atoms with van der Waals surface area (Å²) in [5.74, 6) is -0.838. The van der Waals surface area contributed by atoms with Crippen LogP contribution in [0.2, 0.25) is 0 Å². The summed E-state index contributed by atoms with van der Waals surface area (Å²) in [6.07, 6.45) is 1.23. The Morgan fingerprint density at radius 2 is 2.00 bits per heavy atom. The van der Waals surface area contributed by atoms with E-state index in [2.05, 4.69) is 5.32 Å². The van der Waals surface area contributed by atoms with Crippen LogP contribution in [0.3, 0.4) is 0 Å². The Bertz CT molecular complexity index is 981. The molecule has 5 nitrogen and oxygen atoms in total. The Morgan fingerprint density at radius 3 is 2.80 bits per heavy atom. The van der Waals surface area contributed by atoms with Crippen LogP contribution in [0.5, 0.6) is 5.75 Å². The number of hydrogen-bond acceptors (Lipinski definition) is 4. The normalized spacial score (nSPS) is 10.8. The molecule has 1 heterocycles. The second kappa shape index (κ2) is 7.17. The second-order valence-electron chi connectivity index (χ2n) is 5.66. The summed E-state index contributed by atoms with van der Waals surface area (Å²) in [4.78, 5) is 24.1. The Kier molecular flexibility index (Phi) is 4.79. The van der Waals surface area contributed by atoms with E-state index in [0.29, 0.717) is 24.8 Å². The Hall–Kier alpha value is -3.15. The highest BCUT2D eigenvalue weighted by Gasteiger charge is 2.13. The summed E-state index contributed by atoms with van der Waals surface area (Å²) in [6.45, 7) is 0.350. The van der Waals surface area contributed by atoms with Gasteiger partial charge in [0.05, 0.1) is 0 Å². The minimum absolute atomic E-state index is 0.0230. The van der Waals surface area contributed by atoms with Gasteiger partial charge in [-0.25, -0.2) is 9.18 Å². The molecule has 0 saturated heterocycles. The predicted molar refractivity (Wildman–Crippen MR) is 91.2 cm³/mol. The van der Waals surface area contributed by atoms with Crippen LogP contribution >= 0.6 is 0 Å². The minimum atomic E-state index is -0.763. The van der Waals surface area contributed by atoms with Crippen molar-refractivity contribution in [2.45, 2.75) is 12.8 Å². The van der Waals surface area contributed by atoms with Gasteiger partial charge in [-0.1, -0.05) is 12.1 Å². The average molecular weight is 341 g/mol. The highest BCUT2D eigenvalue weighted by molar-refractivity contribution is 5.96. The maximum atomic E-state index is 13.1. The zero-order valence-corrected chi connectivity index (χ0v) is 13.3. The molecule has 1 amide bonds. The van der Waals surface area contributed by atoms with E-state index in [1.165, 1.54) is 30.3 Å². The van der Waals surface area contributed by atoms with E-state index in [9.17, 15) is 19.1 Å². The minimum Gasteiger partial charge on any atom is -0.508 e. The summed E-state index contributed by atoms with van der Waals surface area (Å²) in [7, 11) is 0. The van der Waals surface area contributed by atoms with Gasteiger partial charge >= 0.3 is 5.63 Å². The summed E-state index contributed by atoms with van der Waals surface area (Å²) in [6, 6.07) is 12.1. The third-order valence-corrected chi connectivity index (χ3v) is 3.78. The lowest BCUT2D eigenvalue weighted by molar-refractivity contribution is 0.0949. The van der Waals surface area contributed by atoms with E-state index in [1.807, 2.05) is 6.07 Å². The van der Waals surface area contributed by atoms with Gasteiger partial charge in [0.25, 0.3) is 5.91 Å². The first-order chi connectivity index (χ1) is 12.0. The van der Waals surface area contributed by atoms with Gasteiger partial charge in [-0.05, 0) is 48.7 Å². The largest absolute Gasteiger partial charge is 0.508 e. The number of benzene rings is 2. The molecule has 6 heteroatoms. The van der Waals surface area contributed by atoms with Crippen LogP contribution in [0, 0.1) is 5.82 Å². The Labute approximate surface area is 142 Å². The molecule has 0 aliphatic heterocycles. The van der Waals surface area contributed by atoms with Gasteiger partial charge in [-0.2, -0.15) is 0 Å². The van der Waals surface area contributed by atoms with E-state index in [1.54, 1.807) is 12.1 Å². The first-order valence-electron chi connectivity index (χ1n) is 7.82. The van der Waals surface area contributed by atoms with Crippen molar-refractivity contribution in [1.29, 1.82) is 0 Å². The molecule has 3 rings (SSSR count). The van der Waals surface area contributed by atoms with Crippen LogP contribution in [0.15, 0.2) is 57.7 Å². The van der Waals surface area contributed by atoms with E-state index in [0.717, 1.165) is 5.56 Å². The molecule has 0 saturated carbocycles. The number of phenolic OH excluding ortho intramolecular Hbond substituents is 1. The standard InChI is InChI=1S/C19H16FNO4/c20-14-5-1-3-12(9-14)4-2-8-21-18(23)16-10-13-6-7-15(22)11-17(13)25-19(16)24/h1,3,5-7,9-11,22H,2,4,8H2,(H,21,23). The van der Waals surface area contributed by atoms with Crippen molar-refractivity contribution in [1.82, 2.24) is 5.32 Å². The number of phenols is 1. The lowest BCUT2D eigenvalue weighted by atomic mass is 10.1. The molecule has 1 aromatic heterocycles. The van der Waals surface area contributed by atoms with Crippen LogP contribution in [-0.2, 0) is 6.42 Å². The number of aryl methyl sites for hydroxylation is 1. The van der Waals surface area contributed by atoms with Crippen LogP contribution in [0.4, 0.5) is 4.39 Å². The first kappa shape index (κ1) is 16.7. The summed E-state index contributed by atoms with van der Waals surface area (Å²) in [5, 5.41) is 12.6. The number of carbonyl (C=O) groups is 1. The quantitative estimate of drug-likeness (QED) is 0.552. The third kappa shape index (κ3) is 4.03. The van der Waals surface area contributed by atoms with Crippen LogP contribution in [0.25, 0.3) is 11.0 Å². The van der Waals surface area contributed by atoms with Crippen LogP contribution in [-0.4, -0.2) is 17.6 Å². The second-order valence-corrected chi connectivity index (χ2v) is 5.66. The number of nitrogens with one attached hydrogen (secondary N) is 1. The van der Waals surface area contributed by atoms with E-state index in [-0.39, 0.29) is 22.7 Å². The van der Waals surface area contributed by atoms with Crippen LogP contribution < -0.4 is 10.9 Å². The smallest absolute Gasteiger partial charge is 0.349 e. The van der Waals surface area contributed by atoms with Crippen LogP contribution in [0.1, 0.15) is 22.3 Å². The third-order valence-electron chi connectivity index (χ3n) is 3.78. The van der Waals surface area contributed by atoms with Gasteiger partial charge in [-0.15, -0.1) is 0 Å². The fraction of sp³-hybridized carbons (Fsp3) is 0.158. The molecule has 0 aliphatic rings. The molecule has 0 aliphatic carbocycles. The van der Waals surface area contributed by atoms with Crippen molar-refractivity contribution in [3.63, 3.8) is 0 Å². The number of fused-ring (bicyclic) bond motifs is 1. The molecular formula is C19H16FNO4. The van der Waals surface area contributed by atoms with E-state index in [4.69, 9.17) is 4.42 Å². The molecule has 3 aromatic rings. The first-order valence-corrected chi connectivity index (χ1v) is 7.82. The fourth-order valence-electron chi connectivity index (χ4n) is 2.54. The van der Waals surface area contributed by atoms with Crippen molar-refractivity contribution in [3.8, 4) is 5.75 Å². The summed E-state index contributed by atoms with van der Waals surface area (Å²) < 4.78 is 18.2. The number of rotatable bonds is 5. The van der Waals surface area contributed by atoms with Gasteiger partial charge in [0, 0.05) is 18.0 Å². The SMILES string of the molecule is O=C(NCCCc1cccc(F)c1)c1cc2ccc(O)cc2oc1=O. The van der Waals surface area contributed by atoms with Gasteiger partial charge in [0.15, 0.2) is 0 Å². The fourth-order valence-corrected chi connectivity index (χ4v) is 2.54. The van der Waals surface area contributed by atoms with E-state index < -0.39 is 11.5 Å². The predicted octanol–water partition coefficient (Wildman–Crippen LogP) is 3.00. The number of amides is 1. The highest BCUT2D eigenvalue weighted by atomic mass is 19.1. The number of carbonyl (C=O) groups excluding carboxylic acids is 1. The summed E-state index contributed by atoms with van der Waals surface area (Å²) >= 11 is 0. The van der Waals surface area contributed by atoms with Gasteiger partial charge in [-0.3, -0.25) is 4.79 Å². The molecule has 0 unspecified atom stereocenters. The number of aromatic hydroxyl groups is 1. The van der Waals surface area contributed by atoms with Crippen molar-refractivity contribution in [3.05, 3.63) is 75.9 Å². The molecular weight excluding hydrogens is 325 g/mol. The number of halogens is 1. The maximum Gasteiger partial charge on any atom is 0.349 e. The molecule has 0 spiro atoms. The lowest BCUT2D eigenvalue weighted by Gasteiger charge is -2.06. The van der Waals surface area contributed by atoms with Crippen molar-refractivity contribution >= 4 is 16.9 Å². The van der Waals surface area contributed by atoms with Gasteiger partial charge < -0.3 is 14.8 Å².